The van der Waals surface area contributed by atoms with Gasteiger partial charge in [0.15, 0.2) is 0 Å². The van der Waals surface area contributed by atoms with Crippen LogP contribution in [0, 0.1) is 0 Å². The van der Waals surface area contributed by atoms with Crippen molar-refractivity contribution >= 4 is 65.8 Å². The molecule has 10 rings (SSSR count). The highest BCUT2D eigenvalue weighted by Gasteiger charge is 2.14. The average molecular weight is 578 g/mol. The van der Waals surface area contributed by atoms with Gasteiger partial charge in [0.05, 0.1) is 11.4 Å². The van der Waals surface area contributed by atoms with E-state index in [1.54, 1.807) is 0 Å². The van der Waals surface area contributed by atoms with Crippen molar-refractivity contribution in [2.24, 2.45) is 0 Å². The average Bonchev–Trinajstić information content (AvgIpc) is 3.78. The topological polar surface area (TPSA) is 52.3 Å². The number of fused-ring (bicyclic) bond motifs is 9. The molecule has 0 aliphatic heterocycles. The highest BCUT2D eigenvalue weighted by atomic mass is 16.3. The SMILES string of the molecule is c1cc(-c2ccc3oc4ccccc4c3c2)nc(-c2ccc3oc4ccc(-c5ccc6oc7ccccc7c6c5)cc4c3c2)c1. The van der Waals surface area contributed by atoms with E-state index in [1.165, 1.54) is 0 Å². The fourth-order valence-corrected chi connectivity index (χ4v) is 6.66. The van der Waals surface area contributed by atoms with Crippen molar-refractivity contribution in [2.45, 2.75) is 0 Å². The van der Waals surface area contributed by atoms with Crippen LogP contribution in [0.1, 0.15) is 0 Å². The molecule has 0 radical (unpaired) electrons. The molecule has 0 aliphatic carbocycles. The molecule has 4 heteroatoms. The van der Waals surface area contributed by atoms with Crippen LogP contribution in [0.15, 0.2) is 153 Å². The van der Waals surface area contributed by atoms with E-state index in [2.05, 4.69) is 97.1 Å². The smallest absolute Gasteiger partial charge is 0.135 e. The molecular formula is C41H23NO3. The molecule has 0 saturated heterocycles. The Labute approximate surface area is 256 Å². The molecular weight excluding hydrogens is 554 g/mol. The molecule has 0 N–H and O–H groups in total. The number of hydrogen-bond acceptors (Lipinski definition) is 4. The molecule has 0 saturated carbocycles. The molecule has 0 atom stereocenters. The fraction of sp³-hybridized carbons (Fsp3) is 0. The van der Waals surface area contributed by atoms with Gasteiger partial charge in [-0.3, -0.25) is 0 Å². The minimum atomic E-state index is 0.857. The Hall–Kier alpha value is -6.13. The van der Waals surface area contributed by atoms with Gasteiger partial charge in [0.25, 0.3) is 0 Å². The molecule has 4 nitrogen and oxygen atoms in total. The Morgan fingerprint density at radius 2 is 0.644 bits per heavy atom. The standard InChI is InChI=1S/C41H23NO3/c1-3-10-36-28(6-1)30-20-24(12-16-38(30)43-36)25-13-17-40-32(21-25)33-23-27(15-19-41(33)45-40)35-9-5-8-34(42-35)26-14-18-39-31(22-26)29-7-2-4-11-37(29)44-39/h1-23H. The Kier molecular flexibility index (Phi) is 4.96. The number of hydrogen-bond donors (Lipinski definition) is 0. The maximum Gasteiger partial charge on any atom is 0.135 e. The highest BCUT2D eigenvalue weighted by Crippen LogP contribution is 2.38. The number of furan rings is 3. The summed E-state index contributed by atoms with van der Waals surface area (Å²) in [6.45, 7) is 0. The Balaban J connectivity index is 1.07. The van der Waals surface area contributed by atoms with Crippen molar-refractivity contribution in [1.82, 2.24) is 4.98 Å². The van der Waals surface area contributed by atoms with Crippen molar-refractivity contribution in [3.63, 3.8) is 0 Å². The van der Waals surface area contributed by atoms with Crippen LogP contribution >= 0.6 is 0 Å². The van der Waals surface area contributed by atoms with Crippen LogP contribution in [0.3, 0.4) is 0 Å². The maximum atomic E-state index is 6.27. The summed E-state index contributed by atoms with van der Waals surface area (Å²) in [6, 6.07) is 48.0. The van der Waals surface area contributed by atoms with Crippen molar-refractivity contribution in [2.75, 3.05) is 0 Å². The number of pyridine rings is 1. The van der Waals surface area contributed by atoms with Gasteiger partial charge in [-0.1, -0.05) is 54.6 Å². The summed E-state index contributed by atoms with van der Waals surface area (Å²) < 4.78 is 18.4. The molecule has 0 amide bonds. The molecule has 4 aromatic heterocycles. The normalized spacial score (nSPS) is 12.0. The van der Waals surface area contributed by atoms with E-state index < -0.39 is 0 Å². The third kappa shape index (κ3) is 3.76. The van der Waals surface area contributed by atoms with E-state index in [4.69, 9.17) is 18.2 Å². The number of rotatable bonds is 3. The first-order chi connectivity index (χ1) is 22.2. The predicted octanol–water partition coefficient (Wildman–Crippen LogP) is 11.8. The first-order valence-corrected chi connectivity index (χ1v) is 15.0. The van der Waals surface area contributed by atoms with Gasteiger partial charge in [-0.05, 0) is 96.1 Å². The van der Waals surface area contributed by atoms with E-state index in [0.717, 1.165) is 99.5 Å². The molecule has 10 aromatic rings. The summed E-state index contributed by atoms with van der Waals surface area (Å²) in [4.78, 5) is 5.10. The van der Waals surface area contributed by atoms with Gasteiger partial charge in [-0.15, -0.1) is 0 Å². The summed E-state index contributed by atoms with van der Waals surface area (Å²) in [6.07, 6.45) is 0. The van der Waals surface area contributed by atoms with Crippen molar-refractivity contribution in [1.29, 1.82) is 0 Å². The minimum absolute atomic E-state index is 0.857. The van der Waals surface area contributed by atoms with Gasteiger partial charge in [0.1, 0.15) is 33.5 Å². The minimum Gasteiger partial charge on any atom is -0.456 e. The van der Waals surface area contributed by atoms with Crippen LogP contribution in [0.2, 0.25) is 0 Å². The summed E-state index contributed by atoms with van der Waals surface area (Å²) in [7, 11) is 0. The largest absolute Gasteiger partial charge is 0.456 e. The van der Waals surface area contributed by atoms with Crippen LogP contribution < -0.4 is 0 Å². The molecule has 0 aliphatic rings. The molecule has 0 bridgehead atoms. The third-order valence-corrected chi connectivity index (χ3v) is 8.90. The fourth-order valence-electron chi connectivity index (χ4n) is 6.66. The van der Waals surface area contributed by atoms with Gasteiger partial charge in [-0.25, -0.2) is 4.98 Å². The molecule has 45 heavy (non-hydrogen) atoms. The van der Waals surface area contributed by atoms with Gasteiger partial charge in [0, 0.05) is 43.4 Å². The Morgan fingerprint density at radius 1 is 0.289 bits per heavy atom. The zero-order valence-electron chi connectivity index (χ0n) is 24.0. The van der Waals surface area contributed by atoms with Crippen LogP contribution in [0.4, 0.5) is 0 Å². The monoisotopic (exact) mass is 577 g/mol. The Bertz CT molecular complexity index is 2780. The lowest BCUT2D eigenvalue weighted by molar-refractivity contribution is 0.668. The Morgan fingerprint density at radius 3 is 1.11 bits per heavy atom. The zero-order chi connectivity index (χ0) is 29.5. The number of nitrogens with zero attached hydrogens (tertiary/aromatic N) is 1. The molecule has 6 aromatic carbocycles. The summed E-state index contributed by atoms with van der Waals surface area (Å²) in [5, 5.41) is 6.60. The van der Waals surface area contributed by atoms with Gasteiger partial charge < -0.3 is 13.3 Å². The zero-order valence-corrected chi connectivity index (χ0v) is 24.0. The predicted molar refractivity (Wildman–Crippen MR) is 182 cm³/mol. The second kappa shape index (κ2) is 9.18. The third-order valence-electron chi connectivity index (χ3n) is 8.90. The van der Waals surface area contributed by atoms with Crippen LogP contribution in [0.25, 0.3) is 99.5 Å². The lowest BCUT2D eigenvalue weighted by atomic mass is 10.00. The molecule has 4 heterocycles. The lowest BCUT2D eigenvalue weighted by Gasteiger charge is -2.06. The summed E-state index contributed by atoms with van der Waals surface area (Å²) >= 11 is 0. The number of benzene rings is 6. The van der Waals surface area contributed by atoms with Crippen molar-refractivity contribution in [3.05, 3.63) is 140 Å². The van der Waals surface area contributed by atoms with E-state index in [0.29, 0.717) is 0 Å². The molecule has 0 unspecified atom stereocenters. The highest BCUT2D eigenvalue weighted by molar-refractivity contribution is 6.09. The van der Waals surface area contributed by atoms with E-state index >= 15 is 0 Å². The van der Waals surface area contributed by atoms with Crippen molar-refractivity contribution < 1.29 is 13.3 Å². The molecule has 210 valence electrons. The number of para-hydroxylation sites is 2. The van der Waals surface area contributed by atoms with E-state index in [-0.39, 0.29) is 0 Å². The van der Waals surface area contributed by atoms with Crippen LogP contribution in [0.5, 0.6) is 0 Å². The van der Waals surface area contributed by atoms with Gasteiger partial charge in [0.2, 0.25) is 0 Å². The first kappa shape index (κ1) is 24.3. The summed E-state index contributed by atoms with van der Waals surface area (Å²) in [5.74, 6) is 0. The molecule has 0 fully saturated rings. The van der Waals surface area contributed by atoms with E-state index in [1.807, 2.05) is 42.5 Å². The van der Waals surface area contributed by atoms with Gasteiger partial charge in [-0.2, -0.15) is 0 Å². The quantitative estimate of drug-likeness (QED) is 0.210. The van der Waals surface area contributed by atoms with Crippen LogP contribution in [-0.4, -0.2) is 4.98 Å². The number of aromatic nitrogens is 1. The first-order valence-electron chi connectivity index (χ1n) is 15.0. The summed E-state index contributed by atoms with van der Waals surface area (Å²) in [5.41, 5.74) is 11.5. The second-order valence-electron chi connectivity index (χ2n) is 11.6. The lowest BCUT2D eigenvalue weighted by Crippen LogP contribution is -1.88. The van der Waals surface area contributed by atoms with Gasteiger partial charge >= 0.3 is 0 Å². The van der Waals surface area contributed by atoms with Crippen molar-refractivity contribution in [3.8, 4) is 33.6 Å². The van der Waals surface area contributed by atoms with E-state index in [9.17, 15) is 0 Å². The molecule has 0 spiro atoms. The van der Waals surface area contributed by atoms with Crippen LogP contribution in [-0.2, 0) is 0 Å². The second-order valence-corrected chi connectivity index (χ2v) is 11.6. The maximum absolute atomic E-state index is 6.27.